The van der Waals surface area contributed by atoms with Gasteiger partial charge in [-0.15, -0.1) is 0 Å². The van der Waals surface area contributed by atoms with Crippen LogP contribution in [0.4, 0.5) is 11.4 Å². The second kappa shape index (κ2) is 9.55. The Kier molecular flexibility index (Phi) is 6.86. The predicted molar refractivity (Wildman–Crippen MR) is 106 cm³/mol. The Labute approximate surface area is 163 Å². The molecule has 1 aliphatic heterocycles. The third-order valence-corrected chi connectivity index (χ3v) is 4.57. The number of aromatic nitrogens is 1. The van der Waals surface area contributed by atoms with E-state index in [0.29, 0.717) is 22.0 Å². The van der Waals surface area contributed by atoms with Crippen LogP contribution in [0.5, 0.6) is 5.75 Å². The van der Waals surface area contributed by atoms with E-state index in [0.717, 1.165) is 45.1 Å². The van der Waals surface area contributed by atoms with Crippen molar-refractivity contribution < 1.29 is 14.3 Å². The van der Waals surface area contributed by atoms with Crippen LogP contribution >= 0.6 is 11.6 Å². The Bertz CT molecular complexity index is 781. The number of carbonyl (C=O) groups excluding carboxylic acids is 1. The second-order valence-corrected chi connectivity index (χ2v) is 6.55. The maximum Gasteiger partial charge on any atom is 0.257 e. The van der Waals surface area contributed by atoms with E-state index in [-0.39, 0.29) is 5.91 Å². The van der Waals surface area contributed by atoms with Crippen LogP contribution in [0.25, 0.3) is 0 Å². The number of carbonyl (C=O) groups is 1. The molecule has 1 aromatic carbocycles. The zero-order chi connectivity index (χ0) is 19.1. The summed E-state index contributed by atoms with van der Waals surface area (Å²) in [6, 6.07) is 6.88. The van der Waals surface area contributed by atoms with Gasteiger partial charge in [-0.1, -0.05) is 11.6 Å². The lowest BCUT2D eigenvalue weighted by atomic mass is 10.2. The molecular formula is C19H23ClN4O3. The van der Waals surface area contributed by atoms with Crippen LogP contribution < -0.4 is 15.4 Å². The van der Waals surface area contributed by atoms with Gasteiger partial charge in [-0.2, -0.15) is 0 Å². The zero-order valence-corrected chi connectivity index (χ0v) is 16.0. The monoisotopic (exact) mass is 390 g/mol. The summed E-state index contributed by atoms with van der Waals surface area (Å²) in [5.41, 5.74) is 1.87. The van der Waals surface area contributed by atoms with Gasteiger partial charge in [-0.05, 0) is 24.3 Å². The first-order valence-corrected chi connectivity index (χ1v) is 9.17. The Morgan fingerprint density at radius 2 is 2.07 bits per heavy atom. The topological polar surface area (TPSA) is 75.7 Å². The van der Waals surface area contributed by atoms with Crippen molar-refractivity contribution in [3.05, 3.63) is 47.2 Å². The normalized spacial score (nSPS) is 14.6. The van der Waals surface area contributed by atoms with Crippen LogP contribution in [0, 0.1) is 0 Å². The first-order valence-electron chi connectivity index (χ1n) is 8.79. The first-order chi connectivity index (χ1) is 13.2. The molecule has 0 bridgehead atoms. The summed E-state index contributed by atoms with van der Waals surface area (Å²) < 4.78 is 10.5. The van der Waals surface area contributed by atoms with Gasteiger partial charge in [0.15, 0.2) is 0 Å². The number of pyridine rings is 1. The fraction of sp³-hybridized carbons (Fsp3) is 0.368. The summed E-state index contributed by atoms with van der Waals surface area (Å²) in [5, 5.41) is 6.57. The molecule has 2 heterocycles. The van der Waals surface area contributed by atoms with E-state index in [1.54, 1.807) is 37.6 Å². The molecule has 144 valence electrons. The fourth-order valence-electron chi connectivity index (χ4n) is 2.79. The summed E-state index contributed by atoms with van der Waals surface area (Å²) in [6.07, 6.45) is 3.24. The van der Waals surface area contributed by atoms with Gasteiger partial charge >= 0.3 is 0 Å². The van der Waals surface area contributed by atoms with Crippen molar-refractivity contribution in [2.24, 2.45) is 0 Å². The van der Waals surface area contributed by atoms with Crippen LogP contribution in [0.2, 0.25) is 5.02 Å². The number of halogens is 1. The molecule has 0 radical (unpaired) electrons. The minimum Gasteiger partial charge on any atom is -0.495 e. The molecule has 1 aliphatic rings. The Morgan fingerprint density at radius 1 is 1.26 bits per heavy atom. The second-order valence-electron chi connectivity index (χ2n) is 6.15. The van der Waals surface area contributed by atoms with Gasteiger partial charge in [0.05, 0.1) is 36.6 Å². The predicted octanol–water partition coefficient (Wildman–Crippen LogP) is 2.74. The number of morpholine rings is 1. The van der Waals surface area contributed by atoms with Crippen LogP contribution in [-0.2, 0) is 4.74 Å². The molecule has 1 fully saturated rings. The molecule has 2 N–H and O–H groups in total. The SMILES string of the molecule is COc1ccc(NC(=O)c2cncc(NCCN3CCOCC3)c2)cc1Cl. The largest absolute Gasteiger partial charge is 0.495 e. The zero-order valence-electron chi connectivity index (χ0n) is 15.2. The van der Waals surface area contributed by atoms with Crippen LogP contribution in [0.1, 0.15) is 10.4 Å². The number of nitrogens with zero attached hydrogens (tertiary/aromatic N) is 2. The molecular weight excluding hydrogens is 368 g/mol. The number of benzene rings is 1. The van der Waals surface area contributed by atoms with Gasteiger partial charge in [0, 0.05) is 44.3 Å². The van der Waals surface area contributed by atoms with Gasteiger partial charge in [0.25, 0.3) is 5.91 Å². The highest BCUT2D eigenvalue weighted by Gasteiger charge is 2.11. The third-order valence-electron chi connectivity index (χ3n) is 4.27. The number of nitrogens with one attached hydrogen (secondary N) is 2. The Morgan fingerprint density at radius 3 is 2.81 bits per heavy atom. The van der Waals surface area contributed by atoms with Gasteiger partial charge in [-0.3, -0.25) is 14.7 Å². The van der Waals surface area contributed by atoms with Crippen LogP contribution in [-0.4, -0.2) is 62.3 Å². The van der Waals surface area contributed by atoms with Crippen molar-refractivity contribution in [3.63, 3.8) is 0 Å². The average Bonchev–Trinajstić information content (AvgIpc) is 2.69. The third kappa shape index (κ3) is 5.56. The van der Waals surface area contributed by atoms with E-state index in [1.165, 1.54) is 6.20 Å². The van der Waals surface area contributed by atoms with Crippen molar-refractivity contribution in [1.82, 2.24) is 9.88 Å². The molecule has 2 aromatic rings. The van der Waals surface area contributed by atoms with Gasteiger partial charge in [-0.25, -0.2) is 0 Å². The van der Waals surface area contributed by atoms with E-state index in [9.17, 15) is 4.79 Å². The molecule has 0 aliphatic carbocycles. The number of rotatable bonds is 7. The smallest absolute Gasteiger partial charge is 0.257 e. The fourth-order valence-corrected chi connectivity index (χ4v) is 3.05. The first kappa shape index (κ1) is 19.4. The Hall–Kier alpha value is -2.35. The minimum absolute atomic E-state index is 0.249. The summed E-state index contributed by atoms with van der Waals surface area (Å²) in [4.78, 5) is 19.0. The molecule has 1 aromatic heterocycles. The lowest BCUT2D eigenvalue weighted by Crippen LogP contribution is -2.39. The van der Waals surface area contributed by atoms with Crippen LogP contribution in [0.3, 0.4) is 0 Å². The standard InChI is InChI=1S/C19H23ClN4O3/c1-26-18-3-2-15(11-17(18)20)23-19(25)14-10-16(13-21-12-14)22-4-5-24-6-8-27-9-7-24/h2-3,10-13,22H,4-9H2,1H3,(H,23,25). The summed E-state index contributed by atoms with van der Waals surface area (Å²) in [6.45, 7) is 5.17. The maximum absolute atomic E-state index is 12.5. The molecule has 1 amide bonds. The molecule has 0 atom stereocenters. The molecule has 0 unspecified atom stereocenters. The highest BCUT2D eigenvalue weighted by Crippen LogP contribution is 2.27. The lowest BCUT2D eigenvalue weighted by Gasteiger charge is -2.26. The number of hydrogen-bond acceptors (Lipinski definition) is 6. The summed E-state index contributed by atoms with van der Waals surface area (Å²) in [7, 11) is 1.54. The highest BCUT2D eigenvalue weighted by molar-refractivity contribution is 6.32. The van der Waals surface area contributed by atoms with Crippen molar-refractivity contribution in [2.45, 2.75) is 0 Å². The highest BCUT2D eigenvalue weighted by atomic mass is 35.5. The minimum atomic E-state index is -0.249. The van der Waals surface area contributed by atoms with E-state index in [4.69, 9.17) is 21.1 Å². The molecule has 27 heavy (non-hydrogen) atoms. The van der Waals surface area contributed by atoms with Gasteiger partial charge < -0.3 is 20.1 Å². The average molecular weight is 391 g/mol. The lowest BCUT2D eigenvalue weighted by molar-refractivity contribution is 0.0398. The van der Waals surface area contributed by atoms with Crippen molar-refractivity contribution in [1.29, 1.82) is 0 Å². The van der Waals surface area contributed by atoms with E-state index in [1.807, 2.05) is 0 Å². The summed E-state index contributed by atoms with van der Waals surface area (Å²) in [5.74, 6) is 0.309. The maximum atomic E-state index is 12.5. The Balaban J connectivity index is 1.55. The van der Waals surface area contributed by atoms with Crippen molar-refractivity contribution in [3.8, 4) is 5.75 Å². The molecule has 7 nitrogen and oxygen atoms in total. The summed E-state index contributed by atoms with van der Waals surface area (Å²) >= 11 is 6.10. The van der Waals surface area contributed by atoms with E-state index in [2.05, 4.69) is 20.5 Å². The van der Waals surface area contributed by atoms with Gasteiger partial charge in [0.1, 0.15) is 5.75 Å². The molecule has 0 spiro atoms. The van der Waals surface area contributed by atoms with Crippen molar-refractivity contribution in [2.75, 3.05) is 57.1 Å². The van der Waals surface area contributed by atoms with Gasteiger partial charge in [0.2, 0.25) is 0 Å². The number of amides is 1. The number of ether oxygens (including phenoxy) is 2. The number of methoxy groups -OCH3 is 1. The number of hydrogen-bond donors (Lipinski definition) is 2. The molecule has 3 rings (SSSR count). The molecule has 0 saturated carbocycles. The molecule has 8 heteroatoms. The van der Waals surface area contributed by atoms with E-state index >= 15 is 0 Å². The quantitative estimate of drug-likeness (QED) is 0.757. The number of anilines is 2. The van der Waals surface area contributed by atoms with Crippen LogP contribution in [0.15, 0.2) is 36.7 Å². The molecule has 1 saturated heterocycles. The van der Waals surface area contributed by atoms with E-state index < -0.39 is 0 Å². The van der Waals surface area contributed by atoms with Crippen molar-refractivity contribution >= 4 is 28.9 Å².